The summed E-state index contributed by atoms with van der Waals surface area (Å²) in [4.78, 5) is 16.0. The molecule has 1 saturated heterocycles. The quantitative estimate of drug-likeness (QED) is 0.832. The van der Waals surface area contributed by atoms with Gasteiger partial charge < -0.3 is 14.1 Å². The Morgan fingerprint density at radius 2 is 2.08 bits per heavy atom. The van der Waals surface area contributed by atoms with Gasteiger partial charge in [-0.3, -0.25) is 9.69 Å². The third kappa shape index (κ3) is 3.41. The second-order valence-corrected chi connectivity index (χ2v) is 6.09. The first-order valence-electron chi connectivity index (χ1n) is 8.00. The fourth-order valence-electron chi connectivity index (χ4n) is 2.93. The molecular weight excluding hydrogens is 308 g/mol. The largest absolute Gasteiger partial charge is 0.497 e. The number of carbonyl (C=O) groups excluding carboxylic acids is 1. The van der Waals surface area contributed by atoms with Crippen LogP contribution < -0.4 is 4.74 Å². The van der Waals surface area contributed by atoms with Crippen LogP contribution in [0.15, 0.2) is 28.7 Å². The lowest BCUT2D eigenvalue weighted by molar-refractivity contribution is -0.133. The molecule has 2 aromatic rings. The van der Waals surface area contributed by atoms with E-state index < -0.39 is 0 Å². The highest BCUT2D eigenvalue weighted by Crippen LogP contribution is 2.24. The molecule has 0 spiro atoms. The van der Waals surface area contributed by atoms with Crippen molar-refractivity contribution in [2.24, 2.45) is 0 Å². The molecule has 0 unspecified atom stereocenters. The van der Waals surface area contributed by atoms with Crippen molar-refractivity contribution in [2.45, 2.75) is 25.4 Å². The van der Waals surface area contributed by atoms with E-state index in [0.29, 0.717) is 18.3 Å². The second-order valence-electron chi connectivity index (χ2n) is 6.09. The van der Waals surface area contributed by atoms with Crippen LogP contribution in [0.4, 0.5) is 0 Å². The van der Waals surface area contributed by atoms with Crippen LogP contribution in [0.5, 0.6) is 5.75 Å². The van der Waals surface area contributed by atoms with Crippen molar-refractivity contribution < 1.29 is 13.9 Å². The van der Waals surface area contributed by atoms with Gasteiger partial charge in [-0.1, -0.05) is 0 Å². The number of amides is 1. The Labute approximate surface area is 141 Å². The van der Waals surface area contributed by atoms with Crippen LogP contribution in [0.2, 0.25) is 0 Å². The van der Waals surface area contributed by atoms with Gasteiger partial charge in [-0.25, -0.2) is 0 Å². The molecule has 24 heavy (non-hydrogen) atoms. The average molecular weight is 330 g/mol. The molecule has 1 aliphatic rings. The van der Waals surface area contributed by atoms with Crippen molar-refractivity contribution in [3.8, 4) is 17.2 Å². The number of likely N-dealkylation sites (N-methyl/N-ethyl adjacent to an activating group) is 1. The number of aromatic nitrogens is 2. The van der Waals surface area contributed by atoms with Gasteiger partial charge in [0.1, 0.15) is 5.75 Å². The molecule has 1 aliphatic heterocycles. The van der Waals surface area contributed by atoms with Gasteiger partial charge in [0.2, 0.25) is 17.7 Å². The van der Waals surface area contributed by atoms with Gasteiger partial charge in [-0.05, 0) is 43.7 Å². The van der Waals surface area contributed by atoms with Crippen LogP contribution in [0.1, 0.15) is 18.7 Å². The predicted molar refractivity (Wildman–Crippen MR) is 88.4 cm³/mol. The Balaban J connectivity index is 1.70. The number of ether oxygens (including phenoxy) is 1. The zero-order valence-electron chi connectivity index (χ0n) is 14.2. The lowest BCUT2D eigenvalue weighted by Gasteiger charge is -2.24. The van der Waals surface area contributed by atoms with Gasteiger partial charge in [0.15, 0.2) is 0 Å². The highest BCUT2D eigenvalue weighted by Gasteiger charge is 2.32. The molecule has 0 saturated carbocycles. The standard InChI is InChI=1S/C17H22N4O3/c1-20(2)17(22)14-5-4-10-21(14)11-15-18-19-16(24-15)12-6-8-13(23-3)9-7-12/h6-9,14H,4-5,10-11H2,1-3H3/t14-/m0/s1. The van der Waals surface area contributed by atoms with Crippen molar-refractivity contribution in [2.75, 3.05) is 27.7 Å². The minimum absolute atomic E-state index is 0.101. The van der Waals surface area contributed by atoms with E-state index in [2.05, 4.69) is 15.1 Å². The summed E-state index contributed by atoms with van der Waals surface area (Å²) >= 11 is 0. The van der Waals surface area contributed by atoms with Gasteiger partial charge in [-0.15, -0.1) is 10.2 Å². The Morgan fingerprint density at radius 1 is 1.33 bits per heavy atom. The smallest absolute Gasteiger partial charge is 0.247 e. The van der Waals surface area contributed by atoms with E-state index in [-0.39, 0.29) is 11.9 Å². The minimum Gasteiger partial charge on any atom is -0.497 e. The summed E-state index contributed by atoms with van der Waals surface area (Å²) in [6.45, 7) is 1.36. The molecule has 1 aromatic carbocycles. The third-order valence-electron chi connectivity index (χ3n) is 4.23. The second kappa shape index (κ2) is 7.00. The molecule has 2 heterocycles. The lowest BCUT2D eigenvalue weighted by atomic mass is 10.2. The fourth-order valence-corrected chi connectivity index (χ4v) is 2.93. The van der Waals surface area contributed by atoms with Crippen molar-refractivity contribution in [1.82, 2.24) is 20.0 Å². The SMILES string of the molecule is COc1ccc(-c2nnc(CN3CCC[C@H]3C(=O)N(C)C)o2)cc1. The first kappa shape index (κ1) is 16.4. The van der Waals surface area contributed by atoms with E-state index in [0.717, 1.165) is 30.7 Å². The van der Waals surface area contributed by atoms with Gasteiger partial charge >= 0.3 is 0 Å². The van der Waals surface area contributed by atoms with E-state index in [9.17, 15) is 4.79 Å². The number of rotatable bonds is 5. The molecule has 0 radical (unpaired) electrons. The highest BCUT2D eigenvalue weighted by atomic mass is 16.5. The molecule has 1 fully saturated rings. The minimum atomic E-state index is -0.101. The lowest BCUT2D eigenvalue weighted by Crippen LogP contribution is -2.42. The number of nitrogens with zero attached hydrogens (tertiary/aromatic N) is 4. The van der Waals surface area contributed by atoms with Crippen LogP contribution in [-0.4, -0.2) is 59.7 Å². The molecule has 0 N–H and O–H groups in total. The van der Waals surface area contributed by atoms with Crippen molar-refractivity contribution in [3.63, 3.8) is 0 Å². The Hall–Kier alpha value is -2.41. The maximum Gasteiger partial charge on any atom is 0.247 e. The number of hydrogen-bond donors (Lipinski definition) is 0. The fraction of sp³-hybridized carbons (Fsp3) is 0.471. The number of carbonyl (C=O) groups is 1. The molecule has 1 atom stereocenters. The number of likely N-dealkylation sites (tertiary alicyclic amines) is 1. The van der Waals surface area contributed by atoms with Crippen molar-refractivity contribution in [1.29, 1.82) is 0 Å². The predicted octanol–water partition coefficient (Wildman–Crippen LogP) is 1.80. The van der Waals surface area contributed by atoms with Crippen LogP contribution in [-0.2, 0) is 11.3 Å². The zero-order valence-corrected chi connectivity index (χ0v) is 14.2. The maximum absolute atomic E-state index is 12.2. The molecule has 0 aliphatic carbocycles. The van der Waals surface area contributed by atoms with E-state index in [1.807, 2.05) is 24.3 Å². The van der Waals surface area contributed by atoms with Crippen LogP contribution >= 0.6 is 0 Å². The highest BCUT2D eigenvalue weighted by molar-refractivity contribution is 5.81. The third-order valence-corrected chi connectivity index (χ3v) is 4.23. The van der Waals surface area contributed by atoms with E-state index >= 15 is 0 Å². The van der Waals surface area contributed by atoms with Gasteiger partial charge in [0.05, 0.1) is 19.7 Å². The first-order valence-corrected chi connectivity index (χ1v) is 8.00. The summed E-state index contributed by atoms with van der Waals surface area (Å²) in [5.74, 6) is 1.91. The van der Waals surface area contributed by atoms with Gasteiger partial charge in [0.25, 0.3) is 0 Å². The molecule has 7 heteroatoms. The van der Waals surface area contributed by atoms with Gasteiger partial charge in [-0.2, -0.15) is 0 Å². The molecule has 128 valence electrons. The van der Waals surface area contributed by atoms with E-state index in [1.165, 1.54) is 0 Å². The normalized spacial score (nSPS) is 17.9. The van der Waals surface area contributed by atoms with Crippen LogP contribution in [0.3, 0.4) is 0 Å². The summed E-state index contributed by atoms with van der Waals surface area (Å²) in [6.07, 6.45) is 1.88. The maximum atomic E-state index is 12.2. The average Bonchev–Trinajstić information content (AvgIpc) is 3.24. The Morgan fingerprint density at radius 3 is 2.75 bits per heavy atom. The molecule has 1 amide bonds. The van der Waals surface area contributed by atoms with E-state index in [1.54, 1.807) is 26.1 Å². The van der Waals surface area contributed by atoms with Crippen molar-refractivity contribution >= 4 is 5.91 Å². The Kier molecular flexibility index (Phi) is 4.80. The molecule has 7 nitrogen and oxygen atoms in total. The molecule has 1 aromatic heterocycles. The number of benzene rings is 1. The Bertz CT molecular complexity index is 696. The van der Waals surface area contributed by atoms with Crippen LogP contribution in [0, 0.1) is 0 Å². The number of methoxy groups -OCH3 is 1. The first-order chi connectivity index (χ1) is 11.6. The molecule has 3 rings (SSSR count). The topological polar surface area (TPSA) is 71.7 Å². The summed E-state index contributed by atoms with van der Waals surface area (Å²) < 4.78 is 10.9. The van der Waals surface area contributed by atoms with Crippen molar-refractivity contribution in [3.05, 3.63) is 30.2 Å². The van der Waals surface area contributed by atoms with Crippen LogP contribution in [0.25, 0.3) is 11.5 Å². The molecule has 0 bridgehead atoms. The van der Waals surface area contributed by atoms with E-state index in [4.69, 9.17) is 9.15 Å². The summed E-state index contributed by atoms with van der Waals surface area (Å²) in [5, 5.41) is 8.23. The number of hydrogen-bond acceptors (Lipinski definition) is 6. The summed E-state index contributed by atoms with van der Waals surface area (Å²) in [5.41, 5.74) is 0.844. The zero-order chi connectivity index (χ0) is 17.1. The summed E-state index contributed by atoms with van der Waals surface area (Å²) in [7, 11) is 5.20. The molecular formula is C17H22N4O3. The van der Waals surface area contributed by atoms with Gasteiger partial charge in [0, 0.05) is 19.7 Å². The monoisotopic (exact) mass is 330 g/mol. The summed E-state index contributed by atoms with van der Waals surface area (Å²) in [6, 6.07) is 7.36.